The Balaban J connectivity index is 2.24. The highest BCUT2D eigenvalue weighted by Gasteiger charge is 2.41. The van der Waals surface area contributed by atoms with Crippen LogP contribution in [0.15, 0.2) is 12.1 Å². The molecule has 0 spiro atoms. The molecular formula is C12H15NO2S. The number of ether oxygens (including phenoxy) is 1. The maximum absolute atomic E-state index is 10.3. The number of thiophene rings is 1. The molecule has 1 atom stereocenters. The lowest BCUT2D eigenvalue weighted by atomic mass is 9.76. The molecule has 0 aromatic carbocycles. The summed E-state index contributed by atoms with van der Waals surface area (Å²) < 4.78 is 5.26. The minimum Gasteiger partial charge on any atom is -0.386 e. The van der Waals surface area contributed by atoms with Crippen LogP contribution in [0.4, 0.5) is 0 Å². The summed E-state index contributed by atoms with van der Waals surface area (Å²) in [4.78, 5) is 2.05. The van der Waals surface area contributed by atoms with Crippen molar-refractivity contribution in [2.75, 3.05) is 13.2 Å². The van der Waals surface area contributed by atoms with Crippen molar-refractivity contribution in [3.8, 4) is 6.07 Å². The molecule has 1 N–H and O–H groups in total. The zero-order chi connectivity index (χ0) is 11.6. The van der Waals surface area contributed by atoms with E-state index in [1.165, 1.54) is 0 Å². The van der Waals surface area contributed by atoms with Gasteiger partial charge >= 0.3 is 0 Å². The van der Waals surface area contributed by atoms with E-state index in [4.69, 9.17) is 4.74 Å². The summed E-state index contributed by atoms with van der Waals surface area (Å²) in [5, 5.41) is 19.7. The Morgan fingerprint density at radius 3 is 2.69 bits per heavy atom. The van der Waals surface area contributed by atoms with E-state index in [9.17, 15) is 10.4 Å². The summed E-state index contributed by atoms with van der Waals surface area (Å²) >= 11 is 1.56. The first-order valence-corrected chi connectivity index (χ1v) is 6.23. The standard InChI is InChI=1S/C12H15NO2S/c1-9-2-3-10(16-9)11(14)12(8-13)4-6-15-7-5-12/h2-3,11,14H,4-7H2,1H3. The van der Waals surface area contributed by atoms with Crippen molar-refractivity contribution < 1.29 is 9.84 Å². The van der Waals surface area contributed by atoms with Crippen LogP contribution in [-0.4, -0.2) is 18.3 Å². The van der Waals surface area contributed by atoms with Gasteiger partial charge in [0, 0.05) is 23.0 Å². The van der Waals surface area contributed by atoms with Gasteiger partial charge in [0.25, 0.3) is 0 Å². The Morgan fingerprint density at radius 1 is 1.50 bits per heavy atom. The van der Waals surface area contributed by atoms with E-state index in [1.807, 2.05) is 19.1 Å². The number of rotatable bonds is 2. The van der Waals surface area contributed by atoms with Crippen LogP contribution in [0.2, 0.25) is 0 Å². The number of hydrogen-bond donors (Lipinski definition) is 1. The van der Waals surface area contributed by atoms with Gasteiger partial charge in [-0.3, -0.25) is 0 Å². The minimum atomic E-state index is -0.680. The van der Waals surface area contributed by atoms with Crippen LogP contribution < -0.4 is 0 Å². The maximum Gasteiger partial charge on any atom is 0.107 e. The van der Waals surface area contributed by atoms with Crippen molar-refractivity contribution in [3.05, 3.63) is 21.9 Å². The predicted molar refractivity (Wildman–Crippen MR) is 62.1 cm³/mol. The molecule has 4 heteroatoms. The molecule has 1 aliphatic rings. The average Bonchev–Trinajstić information content (AvgIpc) is 2.76. The highest BCUT2D eigenvalue weighted by Crippen LogP contribution is 2.43. The lowest BCUT2D eigenvalue weighted by Gasteiger charge is -2.34. The van der Waals surface area contributed by atoms with Gasteiger partial charge in [0.05, 0.1) is 11.5 Å². The van der Waals surface area contributed by atoms with Gasteiger partial charge in [-0.05, 0) is 31.9 Å². The maximum atomic E-state index is 10.3. The zero-order valence-corrected chi connectivity index (χ0v) is 10.1. The molecule has 16 heavy (non-hydrogen) atoms. The molecule has 0 aliphatic carbocycles. The van der Waals surface area contributed by atoms with Crippen molar-refractivity contribution in [1.82, 2.24) is 0 Å². The summed E-state index contributed by atoms with van der Waals surface area (Å²) in [6.07, 6.45) is 0.545. The van der Waals surface area contributed by atoms with Gasteiger partial charge in [0.2, 0.25) is 0 Å². The average molecular weight is 237 g/mol. The SMILES string of the molecule is Cc1ccc(C(O)C2(C#N)CCOCC2)s1. The number of hydrogen-bond acceptors (Lipinski definition) is 4. The first kappa shape index (κ1) is 11.6. The van der Waals surface area contributed by atoms with E-state index >= 15 is 0 Å². The fourth-order valence-electron chi connectivity index (χ4n) is 2.05. The summed E-state index contributed by atoms with van der Waals surface area (Å²) in [5.74, 6) is 0. The van der Waals surface area contributed by atoms with Crippen molar-refractivity contribution >= 4 is 11.3 Å². The monoisotopic (exact) mass is 237 g/mol. The Hall–Kier alpha value is -0.890. The Labute approximate surface area is 99.3 Å². The van der Waals surface area contributed by atoms with Crippen LogP contribution in [0.3, 0.4) is 0 Å². The molecule has 0 saturated carbocycles. The lowest BCUT2D eigenvalue weighted by Crippen LogP contribution is -2.33. The minimum absolute atomic E-state index is 0.564. The summed E-state index contributed by atoms with van der Waals surface area (Å²) in [5.41, 5.74) is -0.657. The quantitative estimate of drug-likeness (QED) is 0.859. The van der Waals surface area contributed by atoms with Crippen LogP contribution in [0.1, 0.15) is 28.7 Å². The number of aliphatic hydroxyl groups is 1. The molecule has 0 amide bonds. The third-order valence-electron chi connectivity index (χ3n) is 3.16. The highest BCUT2D eigenvalue weighted by atomic mass is 32.1. The molecule has 1 aromatic rings. The lowest BCUT2D eigenvalue weighted by molar-refractivity contribution is -0.0295. The van der Waals surface area contributed by atoms with E-state index in [0.717, 1.165) is 9.75 Å². The van der Waals surface area contributed by atoms with E-state index in [0.29, 0.717) is 26.1 Å². The van der Waals surface area contributed by atoms with Crippen molar-refractivity contribution in [1.29, 1.82) is 5.26 Å². The van der Waals surface area contributed by atoms with Gasteiger partial charge in [0.1, 0.15) is 6.10 Å². The molecule has 1 saturated heterocycles. The third-order valence-corrected chi connectivity index (χ3v) is 4.21. The fraction of sp³-hybridized carbons (Fsp3) is 0.583. The first-order chi connectivity index (χ1) is 7.68. The van der Waals surface area contributed by atoms with E-state index in [-0.39, 0.29) is 0 Å². The molecule has 2 rings (SSSR count). The van der Waals surface area contributed by atoms with Crippen LogP contribution in [-0.2, 0) is 4.74 Å². The van der Waals surface area contributed by atoms with E-state index in [2.05, 4.69) is 6.07 Å². The van der Waals surface area contributed by atoms with Gasteiger partial charge in [-0.2, -0.15) is 5.26 Å². The van der Waals surface area contributed by atoms with Crippen LogP contribution >= 0.6 is 11.3 Å². The molecule has 0 bridgehead atoms. The van der Waals surface area contributed by atoms with Crippen molar-refractivity contribution in [3.63, 3.8) is 0 Å². The van der Waals surface area contributed by atoms with Gasteiger partial charge in [0.15, 0.2) is 0 Å². The Bertz CT molecular complexity index is 401. The third kappa shape index (κ3) is 1.99. The molecule has 1 aliphatic heterocycles. The summed E-state index contributed by atoms with van der Waals surface area (Å²) in [6, 6.07) is 6.20. The second-order valence-electron chi connectivity index (χ2n) is 4.23. The second kappa shape index (κ2) is 4.54. The normalized spacial score (nSPS) is 21.3. The molecule has 0 radical (unpaired) electrons. The Morgan fingerprint density at radius 2 is 2.19 bits per heavy atom. The molecule has 1 aromatic heterocycles. The first-order valence-electron chi connectivity index (χ1n) is 5.41. The summed E-state index contributed by atoms with van der Waals surface area (Å²) in [7, 11) is 0. The largest absolute Gasteiger partial charge is 0.386 e. The molecular weight excluding hydrogens is 222 g/mol. The Kier molecular flexibility index (Phi) is 3.29. The highest BCUT2D eigenvalue weighted by molar-refractivity contribution is 7.12. The number of nitriles is 1. The van der Waals surface area contributed by atoms with E-state index < -0.39 is 11.5 Å². The van der Waals surface area contributed by atoms with Gasteiger partial charge in [-0.1, -0.05) is 0 Å². The fourth-order valence-corrected chi connectivity index (χ4v) is 3.04. The van der Waals surface area contributed by atoms with E-state index in [1.54, 1.807) is 11.3 Å². The molecule has 2 heterocycles. The number of aryl methyl sites for hydroxylation is 1. The van der Waals surface area contributed by atoms with Gasteiger partial charge in [-0.15, -0.1) is 11.3 Å². The van der Waals surface area contributed by atoms with Gasteiger partial charge in [-0.25, -0.2) is 0 Å². The zero-order valence-electron chi connectivity index (χ0n) is 9.27. The van der Waals surface area contributed by atoms with Crippen LogP contribution in [0.25, 0.3) is 0 Å². The second-order valence-corrected chi connectivity index (χ2v) is 5.55. The topological polar surface area (TPSA) is 53.2 Å². The molecule has 86 valence electrons. The van der Waals surface area contributed by atoms with Gasteiger partial charge < -0.3 is 9.84 Å². The smallest absolute Gasteiger partial charge is 0.107 e. The van der Waals surface area contributed by atoms with Crippen LogP contribution in [0, 0.1) is 23.7 Å². The molecule has 3 nitrogen and oxygen atoms in total. The number of aliphatic hydroxyl groups excluding tert-OH is 1. The van der Waals surface area contributed by atoms with Crippen LogP contribution in [0.5, 0.6) is 0 Å². The summed E-state index contributed by atoms with van der Waals surface area (Å²) in [6.45, 7) is 3.13. The van der Waals surface area contributed by atoms with Crippen molar-refractivity contribution in [2.45, 2.75) is 25.9 Å². The van der Waals surface area contributed by atoms with Crippen molar-refractivity contribution in [2.24, 2.45) is 5.41 Å². The predicted octanol–water partition coefficient (Wildman–Crippen LogP) is 2.41. The number of nitrogens with zero attached hydrogens (tertiary/aromatic N) is 1. The molecule has 1 unspecified atom stereocenters. The molecule has 1 fully saturated rings.